The predicted octanol–water partition coefficient (Wildman–Crippen LogP) is 3.81. The number of fused-ring (bicyclic) bond motifs is 1. The van der Waals surface area contributed by atoms with Crippen LogP contribution >= 0.6 is 11.3 Å². The van der Waals surface area contributed by atoms with Gasteiger partial charge in [-0.25, -0.2) is 9.78 Å². The molecule has 0 fully saturated rings. The van der Waals surface area contributed by atoms with Crippen molar-refractivity contribution in [3.8, 4) is 11.3 Å². The van der Waals surface area contributed by atoms with E-state index in [9.17, 15) is 4.79 Å². The van der Waals surface area contributed by atoms with Crippen LogP contribution in [-0.4, -0.2) is 34.9 Å². The number of carbonyl (C=O) groups excluding carboxylic acids is 1. The van der Waals surface area contributed by atoms with E-state index in [0.717, 1.165) is 38.2 Å². The average Bonchev–Trinajstić information content (AvgIpc) is 3.12. The van der Waals surface area contributed by atoms with Crippen LogP contribution in [0.3, 0.4) is 0 Å². The number of carbonyl (C=O) groups is 1. The molecule has 1 aromatic carbocycles. The van der Waals surface area contributed by atoms with Crippen LogP contribution in [0.1, 0.15) is 12.5 Å². The van der Waals surface area contributed by atoms with Crippen molar-refractivity contribution in [1.29, 1.82) is 0 Å². The SMILES string of the molecule is C=C1C=C(c2cc(-c3ccccn3)cc3nc(NC(=O)NCC)sc23)C=NC1N. The maximum absolute atomic E-state index is 11.9. The Morgan fingerprint density at radius 3 is 2.93 bits per heavy atom. The number of dihydropyridines is 1. The molecule has 8 heteroatoms. The highest BCUT2D eigenvalue weighted by Crippen LogP contribution is 2.37. The number of aliphatic imine (C=N–C) groups is 1. The van der Waals surface area contributed by atoms with Gasteiger partial charge in [-0.05, 0) is 42.8 Å². The number of amides is 2. The van der Waals surface area contributed by atoms with Gasteiger partial charge in [0.1, 0.15) is 6.17 Å². The van der Waals surface area contributed by atoms with E-state index in [1.807, 2.05) is 37.3 Å². The lowest BCUT2D eigenvalue weighted by Crippen LogP contribution is -2.28. The number of aromatic nitrogens is 2. The first-order chi connectivity index (χ1) is 14.0. The third kappa shape index (κ3) is 3.94. The lowest BCUT2D eigenvalue weighted by atomic mass is 9.97. The van der Waals surface area contributed by atoms with Gasteiger partial charge in [0.15, 0.2) is 5.13 Å². The molecular formula is C21H20N6OS. The average molecular weight is 404 g/mol. The highest BCUT2D eigenvalue weighted by atomic mass is 32.1. The van der Waals surface area contributed by atoms with E-state index in [4.69, 9.17) is 5.73 Å². The fourth-order valence-electron chi connectivity index (χ4n) is 3.01. The van der Waals surface area contributed by atoms with Crippen molar-refractivity contribution in [3.63, 3.8) is 0 Å². The van der Waals surface area contributed by atoms with E-state index in [0.29, 0.717) is 11.7 Å². The first-order valence-electron chi connectivity index (χ1n) is 9.15. The fourth-order valence-corrected chi connectivity index (χ4v) is 3.99. The van der Waals surface area contributed by atoms with Crippen molar-refractivity contribution in [1.82, 2.24) is 15.3 Å². The van der Waals surface area contributed by atoms with Gasteiger partial charge >= 0.3 is 6.03 Å². The monoisotopic (exact) mass is 404 g/mol. The number of nitrogens with zero attached hydrogens (tertiary/aromatic N) is 3. The zero-order chi connectivity index (χ0) is 20.4. The lowest BCUT2D eigenvalue weighted by Gasteiger charge is -2.15. The van der Waals surface area contributed by atoms with Crippen molar-refractivity contribution < 1.29 is 4.79 Å². The molecule has 146 valence electrons. The summed E-state index contributed by atoms with van der Waals surface area (Å²) in [5.41, 5.74) is 11.0. The molecule has 1 atom stereocenters. The van der Waals surface area contributed by atoms with Crippen LogP contribution in [0.25, 0.3) is 27.0 Å². The number of thiazole rings is 1. The number of anilines is 1. The smallest absolute Gasteiger partial charge is 0.321 e. The molecule has 0 bridgehead atoms. The van der Waals surface area contributed by atoms with Crippen LogP contribution in [0.15, 0.2) is 59.7 Å². The number of nitrogens with one attached hydrogen (secondary N) is 2. The number of urea groups is 1. The van der Waals surface area contributed by atoms with Gasteiger partial charge in [-0.15, -0.1) is 0 Å². The molecular weight excluding hydrogens is 384 g/mol. The molecule has 0 saturated heterocycles. The summed E-state index contributed by atoms with van der Waals surface area (Å²) in [6.45, 7) is 6.39. The van der Waals surface area contributed by atoms with Crippen molar-refractivity contribution in [3.05, 3.63) is 60.3 Å². The molecule has 7 nitrogen and oxygen atoms in total. The third-order valence-corrected chi connectivity index (χ3v) is 5.43. The quantitative estimate of drug-likeness (QED) is 0.615. The van der Waals surface area contributed by atoms with Gasteiger partial charge in [-0.3, -0.25) is 15.3 Å². The fraction of sp³-hybridized carbons (Fsp3) is 0.143. The summed E-state index contributed by atoms with van der Waals surface area (Å²) < 4.78 is 0.942. The van der Waals surface area contributed by atoms with E-state index < -0.39 is 6.17 Å². The Kier molecular flexibility index (Phi) is 5.20. The molecule has 3 aromatic rings. The topological polar surface area (TPSA) is 105 Å². The summed E-state index contributed by atoms with van der Waals surface area (Å²) in [7, 11) is 0. The van der Waals surface area contributed by atoms with Crippen LogP contribution < -0.4 is 16.4 Å². The predicted molar refractivity (Wildman–Crippen MR) is 119 cm³/mol. The zero-order valence-corrected chi connectivity index (χ0v) is 16.7. The molecule has 4 rings (SSSR count). The molecule has 1 aliphatic heterocycles. The summed E-state index contributed by atoms with van der Waals surface area (Å²) in [5.74, 6) is 0. The zero-order valence-electron chi connectivity index (χ0n) is 15.8. The van der Waals surface area contributed by atoms with Gasteiger partial charge in [0.25, 0.3) is 0 Å². The van der Waals surface area contributed by atoms with Gasteiger partial charge < -0.3 is 11.1 Å². The number of hydrogen-bond acceptors (Lipinski definition) is 6. The van der Waals surface area contributed by atoms with E-state index in [1.54, 1.807) is 12.4 Å². The molecule has 2 amide bonds. The highest BCUT2D eigenvalue weighted by Gasteiger charge is 2.18. The van der Waals surface area contributed by atoms with Crippen LogP contribution in [0.5, 0.6) is 0 Å². The molecule has 3 heterocycles. The highest BCUT2D eigenvalue weighted by molar-refractivity contribution is 7.22. The number of hydrogen-bond donors (Lipinski definition) is 3. The van der Waals surface area contributed by atoms with Gasteiger partial charge in [0.05, 0.1) is 15.9 Å². The second-order valence-electron chi connectivity index (χ2n) is 6.49. The van der Waals surface area contributed by atoms with Crippen LogP contribution in [0.4, 0.5) is 9.93 Å². The van der Waals surface area contributed by atoms with Gasteiger partial charge in [0.2, 0.25) is 0 Å². The second-order valence-corrected chi connectivity index (χ2v) is 7.49. The number of nitrogens with two attached hydrogens (primary N) is 1. The van der Waals surface area contributed by atoms with Gasteiger partial charge in [-0.2, -0.15) is 0 Å². The molecule has 29 heavy (non-hydrogen) atoms. The Balaban J connectivity index is 1.85. The van der Waals surface area contributed by atoms with Crippen molar-refractivity contribution in [2.45, 2.75) is 13.1 Å². The second kappa shape index (κ2) is 7.94. The first-order valence-corrected chi connectivity index (χ1v) is 9.97. The summed E-state index contributed by atoms with van der Waals surface area (Å²) in [4.78, 5) is 25.3. The van der Waals surface area contributed by atoms with E-state index in [2.05, 4.69) is 38.2 Å². The van der Waals surface area contributed by atoms with E-state index in [-0.39, 0.29) is 6.03 Å². The lowest BCUT2D eigenvalue weighted by molar-refractivity contribution is 0.252. The Labute approximate surface area is 172 Å². The minimum atomic E-state index is -0.426. The van der Waals surface area contributed by atoms with Crippen molar-refractivity contribution >= 4 is 44.5 Å². The van der Waals surface area contributed by atoms with Crippen LogP contribution in [0, 0.1) is 0 Å². The molecule has 0 aliphatic carbocycles. The Morgan fingerprint density at radius 1 is 1.34 bits per heavy atom. The normalized spacial score (nSPS) is 16.0. The summed E-state index contributed by atoms with van der Waals surface area (Å²) in [5, 5.41) is 6.02. The molecule has 0 saturated carbocycles. The Hall–Kier alpha value is -3.36. The maximum atomic E-state index is 11.9. The molecule has 0 radical (unpaired) electrons. The summed E-state index contributed by atoms with van der Waals surface area (Å²) >= 11 is 1.41. The van der Waals surface area contributed by atoms with E-state index >= 15 is 0 Å². The first kappa shape index (κ1) is 19.0. The minimum Gasteiger partial charge on any atom is -0.338 e. The molecule has 2 aromatic heterocycles. The summed E-state index contributed by atoms with van der Waals surface area (Å²) in [6.07, 6.45) is 5.02. The largest absolute Gasteiger partial charge is 0.338 e. The van der Waals surface area contributed by atoms with Crippen LogP contribution in [0.2, 0.25) is 0 Å². The standard InChI is InChI=1S/C21H20N6OS/c1-3-23-20(28)27-21-26-17-10-13(16-6-4-5-7-24-16)9-15(18(17)29-21)14-8-12(2)19(22)25-11-14/h4-11,19H,2-3,22H2,1H3,(H2,23,26,27,28). The van der Waals surface area contributed by atoms with Gasteiger partial charge in [-0.1, -0.05) is 24.0 Å². The number of benzene rings is 1. The number of rotatable bonds is 4. The molecule has 1 aliphatic rings. The molecule has 0 spiro atoms. The number of allylic oxidation sites excluding steroid dienone is 1. The maximum Gasteiger partial charge on any atom is 0.321 e. The number of pyridine rings is 1. The minimum absolute atomic E-state index is 0.282. The Bertz CT molecular complexity index is 1150. The van der Waals surface area contributed by atoms with Gasteiger partial charge in [0, 0.05) is 35.7 Å². The van der Waals surface area contributed by atoms with Crippen molar-refractivity contribution in [2.24, 2.45) is 10.7 Å². The molecule has 4 N–H and O–H groups in total. The van der Waals surface area contributed by atoms with Crippen molar-refractivity contribution in [2.75, 3.05) is 11.9 Å². The molecule has 1 unspecified atom stereocenters. The van der Waals surface area contributed by atoms with Crippen LogP contribution in [-0.2, 0) is 0 Å². The summed E-state index contributed by atoms with van der Waals surface area (Å²) in [6, 6.07) is 9.52. The third-order valence-electron chi connectivity index (χ3n) is 4.41. The Morgan fingerprint density at radius 2 is 2.21 bits per heavy atom. The van der Waals surface area contributed by atoms with E-state index in [1.165, 1.54) is 11.3 Å².